The van der Waals surface area contributed by atoms with E-state index in [1.165, 1.54) is 12.1 Å². The molecule has 0 saturated carbocycles. The van der Waals surface area contributed by atoms with Crippen LogP contribution in [-0.4, -0.2) is 76.8 Å². The van der Waals surface area contributed by atoms with Gasteiger partial charge in [0.25, 0.3) is 0 Å². The van der Waals surface area contributed by atoms with Crippen LogP contribution in [0.15, 0.2) is 24.4 Å². The van der Waals surface area contributed by atoms with Crippen LogP contribution in [0.25, 0.3) is 10.9 Å². The lowest BCUT2D eigenvalue weighted by atomic mass is 9.90. The van der Waals surface area contributed by atoms with E-state index in [0.717, 1.165) is 16.5 Å². The third-order valence-electron chi connectivity index (χ3n) is 7.45. The van der Waals surface area contributed by atoms with E-state index in [2.05, 4.69) is 15.6 Å². The number of amides is 3. The number of nitrogens with zero attached hydrogens (tertiary/aromatic N) is 2. The minimum absolute atomic E-state index is 0.0330. The number of hydrogen-bond donors (Lipinski definition) is 3. The molecule has 34 heavy (non-hydrogen) atoms. The van der Waals surface area contributed by atoms with Crippen LogP contribution >= 0.6 is 0 Å². The number of H-pyrrole nitrogens is 1. The summed E-state index contributed by atoms with van der Waals surface area (Å²) in [5.74, 6) is -0.992. The van der Waals surface area contributed by atoms with Crippen molar-refractivity contribution >= 4 is 28.6 Å². The lowest BCUT2D eigenvalue weighted by molar-refractivity contribution is -0.139. The lowest BCUT2D eigenvalue weighted by Crippen LogP contribution is -2.56. The highest BCUT2D eigenvalue weighted by molar-refractivity contribution is 5.91. The minimum Gasteiger partial charge on any atom is -0.361 e. The molecule has 0 bridgehead atoms. The highest BCUT2D eigenvalue weighted by atomic mass is 19.1. The maximum Gasteiger partial charge on any atom is 0.245 e. The number of likely N-dealkylation sites (tertiary alicyclic amines) is 2. The number of aromatic nitrogens is 1. The lowest BCUT2D eigenvalue weighted by Gasteiger charge is -2.33. The van der Waals surface area contributed by atoms with E-state index in [9.17, 15) is 18.8 Å². The molecule has 5 atom stereocenters. The maximum absolute atomic E-state index is 14.1. The van der Waals surface area contributed by atoms with Gasteiger partial charge in [0.1, 0.15) is 11.9 Å². The van der Waals surface area contributed by atoms with Gasteiger partial charge in [0.05, 0.1) is 18.1 Å². The smallest absolute Gasteiger partial charge is 0.245 e. The number of likely N-dealkylation sites (N-methyl/N-ethyl adjacent to an activating group) is 1. The zero-order valence-corrected chi connectivity index (χ0v) is 20.4. The van der Waals surface area contributed by atoms with Gasteiger partial charge in [0.2, 0.25) is 17.7 Å². The predicted octanol–water partition coefficient (Wildman–Crippen LogP) is 1.97. The Morgan fingerprint density at radius 3 is 2.56 bits per heavy atom. The number of nitrogens with one attached hydrogen (secondary N) is 3. The second-order valence-electron chi connectivity index (χ2n) is 9.83. The summed E-state index contributed by atoms with van der Waals surface area (Å²) in [7, 11) is 1.70. The molecule has 9 heteroatoms. The van der Waals surface area contributed by atoms with Gasteiger partial charge in [0, 0.05) is 43.0 Å². The van der Waals surface area contributed by atoms with Gasteiger partial charge in [-0.25, -0.2) is 4.39 Å². The quantitative estimate of drug-likeness (QED) is 0.600. The molecule has 4 rings (SSSR count). The van der Waals surface area contributed by atoms with Crippen molar-refractivity contribution in [3.8, 4) is 0 Å². The zero-order valence-electron chi connectivity index (χ0n) is 20.4. The van der Waals surface area contributed by atoms with Crippen molar-refractivity contribution in [1.29, 1.82) is 0 Å². The fraction of sp³-hybridized carbons (Fsp3) is 0.560. The molecule has 1 aromatic carbocycles. The molecule has 0 spiro atoms. The van der Waals surface area contributed by atoms with Gasteiger partial charge >= 0.3 is 0 Å². The predicted molar refractivity (Wildman–Crippen MR) is 128 cm³/mol. The standard InChI is InChI=1S/C25H34FN5O3/c1-13(2)22(29-24(33)14(3)27-5)25(34)30-9-8-21-23(30)19(12-31(21)15(4)32)18-11-28-20-7-6-16(26)10-17(18)20/h6-7,10-11,13-14,19,21-23,27-28H,8-9,12H2,1-5H3,(H,29,33). The van der Waals surface area contributed by atoms with Crippen molar-refractivity contribution in [2.45, 2.75) is 64.2 Å². The van der Waals surface area contributed by atoms with Gasteiger partial charge in [-0.1, -0.05) is 13.8 Å². The summed E-state index contributed by atoms with van der Waals surface area (Å²) in [6.45, 7) is 8.10. The van der Waals surface area contributed by atoms with Gasteiger partial charge in [-0.2, -0.15) is 0 Å². The first kappa shape index (κ1) is 24.2. The normalized spacial score (nSPS) is 23.9. The van der Waals surface area contributed by atoms with Crippen molar-refractivity contribution in [3.05, 3.63) is 35.8 Å². The molecule has 2 saturated heterocycles. The summed E-state index contributed by atoms with van der Waals surface area (Å²) >= 11 is 0. The topological polar surface area (TPSA) is 97.5 Å². The molecule has 1 aromatic heterocycles. The summed E-state index contributed by atoms with van der Waals surface area (Å²) in [5, 5.41) is 6.59. The Kier molecular flexibility index (Phi) is 6.66. The van der Waals surface area contributed by atoms with Crippen LogP contribution in [0.3, 0.4) is 0 Å². The number of carbonyl (C=O) groups is 3. The van der Waals surface area contributed by atoms with Crippen molar-refractivity contribution < 1.29 is 18.8 Å². The molecule has 3 N–H and O–H groups in total. The average Bonchev–Trinajstić information content (AvgIpc) is 3.49. The second kappa shape index (κ2) is 9.37. The van der Waals surface area contributed by atoms with Gasteiger partial charge in [-0.3, -0.25) is 14.4 Å². The molecule has 2 fully saturated rings. The van der Waals surface area contributed by atoms with Crippen LogP contribution < -0.4 is 10.6 Å². The van der Waals surface area contributed by atoms with E-state index < -0.39 is 12.1 Å². The SMILES string of the molecule is CNC(C)C(=O)NC(C(=O)N1CCC2C1C(c1c[nH]c3ccc(F)cc13)CN2C(C)=O)C(C)C. The monoisotopic (exact) mass is 471 g/mol. The molecule has 8 nitrogen and oxygen atoms in total. The van der Waals surface area contributed by atoms with Gasteiger partial charge in [0.15, 0.2) is 0 Å². The molecule has 2 aromatic rings. The fourth-order valence-corrected chi connectivity index (χ4v) is 5.50. The average molecular weight is 472 g/mol. The third-order valence-corrected chi connectivity index (χ3v) is 7.45. The molecule has 184 valence electrons. The van der Waals surface area contributed by atoms with E-state index in [1.807, 2.05) is 29.8 Å². The molecule has 3 amide bonds. The number of rotatable bonds is 6. The number of carbonyl (C=O) groups excluding carboxylic acids is 3. The van der Waals surface area contributed by atoms with Crippen molar-refractivity contribution in [2.75, 3.05) is 20.1 Å². The van der Waals surface area contributed by atoms with Crippen molar-refractivity contribution in [3.63, 3.8) is 0 Å². The number of hydrogen-bond acceptors (Lipinski definition) is 4. The fourth-order valence-electron chi connectivity index (χ4n) is 5.50. The molecule has 3 heterocycles. The second-order valence-corrected chi connectivity index (χ2v) is 9.83. The Morgan fingerprint density at radius 2 is 1.91 bits per heavy atom. The number of halogens is 1. The highest BCUT2D eigenvalue weighted by Crippen LogP contribution is 2.43. The summed E-state index contributed by atoms with van der Waals surface area (Å²) < 4.78 is 14.1. The molecule has 2 aliphatic heterocycles. The Hall–Kier alpha value is -2.94. The van der Waals surface area contributed by atoms with Crippen LogP contribution in [0, 0.1) is 11.7 Å². The minimum atomic E-state index is -0.672. The zero-order chi connectivity index (χ0) is 24.7. The molecule has 0 radical (unpaired) electrons. The van der Waals surface area contributed by atoms with Gasteiger partial charge in [-0.15, -0.1) is 0 Å². The van der Waals surface area contributed by atoms with Crippen LogP contribution in [0.4, 0.5) is 4.39 Å². The Bertz CT molecular complexity index is 1100. The molecule has 0 aliphatic carbocycles. The van der Waals surface area contributed by atoms with E-state index in [-0.39, 0.29) is 47.5 Å². The largest absolute Gasteiger partial charge is 0.361 e. The van der Waals surface area contributed by atoms with Crippen LogP contribution in [0.2, 0.25) is 0 Å². The summed E-state index contributed by atoms with van der Waals surface area (Å²) in [6, 6.07) is 3.18. The van der Waals surface area contributed by atoms with E-state index in [0.29, 0.717) is 19.5 Å². The van der Waals surface area contributed by atoms with E-state index in [4.69, 9.17) is 0 Å². The van der Waals surface area contributed by atoms with Crippen LogP contribution in [-0.2, 0) is 14.4 Å². The van der Waals surface area contributed by atoms with Crippen LogP contribution in [0.1, 0.15) is 45.6 Å². The maximum atomic E-state index is 14.1. The number of aromatic amines is 1. The number of fused-ring (bicyclic) bond motifs is 2. The van der Waals surface area contributed by atoms with E-state index >= 15 is 0 Å². The van der Waals surface area contributed by atoms with Gasteiger partial charge in [-0.05, 0) is 50.1 Å². The van der Waals surface area contributed by atoms with Gasteiger partial charge < -0.3 is 25.4 Å². The molecular weight excluding hydrogens is 437 g/mol. The first-order valence-corrected chi connectivity index (χ1v) is 12.0. The highest BCUT2D eigenvalue weighted by Gasteiger charge is 2.53. The Labute approximate surface area is 199 Å². The molecule has 5 unspecified atom stereocenters. The van der Waals surface area contributed by atoms with Crippen LogP contribution in [0.5, 0.6) is 0 Å². The summed E-state index contributed by atoms with van der Waals surface area (Å²) in [5.41, 5.74) is 1.72. The molecular formula is C25H34FN5O3. The number of benzene rings is 1. The third kappa shape index (κ3) is 4.17. The molecule has 2 aliphatic rings. The Balaban J connectivity index is 1.69. The Morgan fingerprint density at radius 1 is 1.18 bits per heavy atom. The summed E-state index contributed by atoms with van der Waals surface area (Å²) in [6.07, 6.45) is 2.54. The first-order valence-electron chi connectivity index (χ1n) is 12.0. The first-order chi connectivity index (χ1) is 16.1. The van der Waals surface area contributed by atoms with Crippen molar-refractivity contribution in [2.24, 2.45) is 5.92 Å². The van der Waals surface area contributed by atoms with E-state index in [1.54, 1.807) is 27.0 Å². The van der Waals surface area contributed by atoms with Crippen molar-refractivity contribution in [1.82, 2.24) is 25.4 Å². The summed E-state index contributed by atoms with van der Waals surface area (Å²) in [4.78, 5) is 45.7.